The van der Waals surface area contributed by atoms with Gasteiger partial charge in [-0.2, -0.15) is 0 Å². The van der Waals surface area contributed by atoms with Crippen LogP contribution in [0, 0.1) is 11.8 Å². The van der Waals surface area contributed by atoms with E-state index in [1.165, 1.54) is 6.07 Å². The third-order valence-corrected chi connectivity index (χ3v) is 5.21. The van der Waals surface area contributed by atoms with Crippen LogP contribution in [0.15, 0.2) is 29.3 Å². The van der Waals surface area contributed by atoms with Gasteiger partial charge >= 0.3 is 0 Å². The van der Waals surface area contributed by atoms with E-state index < -0.39 is 17.7 Å². The van der Waals surface area contributed by atoms with Crippen LogP contribution in [0.2, 0.25) is 10.0 Å². The van der Waals surface area contributed by atoms with E-state index in [1.807, 2.05) is 0 Å². The van der Waals surface area contributed by atoms with E-state index in [0.29, 0.717) is 33.6 Å². The van der Waals surface area contributed by atoms with Gasteiger partial charge in [-0.3, -0.25) is 19.3 Å². The number of hydrogen-bond donors (Lipinski definition) is 1. The summed E-state index contributed by atoms with van der Waals surface area (Å²) in [6, 6.07) is 4.63. The van der Waals surface area contributed by atoms with Crippen molar-refractivity contribution in [2.24, 2.45) is 11.8 Å². The molecule has 2 aliphatic rings. The van der Waals surface area contributed by atoms with E-state index >= 15 is 0 Å². The first-order valence-corrected chi connectivity index (χ1v) is 8.45. The summed E-state index contributed by atoms with van der Waals surface area (Å²) in [5.41, 5.74) is 0.440. The highest BCUT2D eigenvalue weighted by molar-refractivity contribution is 6.42. The summed E-state index contributed by atoms with van der Waals surface area (Å²) < 4.78 is 0. The molecule has 1 aromatic rings. The molecule has 0 radical (unpaired) electrons. The van der Waals surface area contributed by atoms with Crippen molar-refractivity contribution in [2.75, 3.05) is 11.9 Å². The number of anilines is 1. The molecule has 126 valence electrons. The lowest BCUT2D eigenvalue weighted by Gasteiger charge is -2.17. The molecule has 0 bridgehead atoms. The van der Waals surface area contributed by atoms with Crippen LogP contribution in [0.4, 0.5) is 5.69 Å². The van der Waals surface area contributed by atoms with E-state index in [1.54, 1.807) is 18.2 Å². The minimum absolute atomic E-state index is 0.300. The number of nitrogens with one attached hydrogen (secondary N) is 1. The average molecular weight is 388 g/mol. The molecule has 2 unspecified atom stereocenters. The number of nitrogens with zero attached hydrogens (tertiary/aromatic N) is 1. The second-order valence-electron chi connectivity index (χ2n) is 5.74. The van der Waals surface area contributed by atoms with Crippen LogP contribution < -0.4 is 5.32 Å². The number of fused-ring (bicyclic) bond motifs is 1. The normalized spacial score (nSPS) is 23.1. The fourth-order valence-electron chi connectivity index (χ4n) is 2.97. The molecule has 0 aromatic heterocycles. The minimum Gasteiger partial charge on any atom is -0.324 e. The number of carbonyl (C=O) groups is 3. The molecule has 3 amide bonds. The Balaban J connectivity index is 1.67. The number of hydrogen-bond acceptors (Lipinski definition) is 3. The Bertz CT molecular complexity index is 763. The molecule has 1 aliphatic carbocycles. The zero-order chi connectivity index (χ0) is 17.4. The Morgan fingerprint density at radius 1 is 1.12 bits per heavy atom. The molecule has 2 atom stereocenters. The number of carbonyl (C=O) groups excluding carboxylic acids is 3. The molecule has 8 heteroatoms. The molecule has 0 spiro atoms. The third-order valence-electron chi connectivity index (χ3n) is 4.17. The molecule has 1 fully saturated rings. The second-order valence-corrected chi connectivity index (χ2v) is 7.04. The Morgan fingerprint density at radius 3 is 2.54 bits per heavy atom. The third kappa shape index (κ3) is 3.29. The van der Waals surface area contributed by atoms with Crippen molar-refractivity contribution >= 4 is 58.2 Å². The summed E-state index contributed by atoms with van der Waals surface area (Å²) in [5, 5.41) is 3.85. The van der Waals surface area contributed by atoms with Gasteiger partial charge in [0.1, 0.15) is 6.54 Å². The lowest BCUT2D eigenvalue weighted by Crippen LogP contribution is -2.38. The number of rotatable bonds is 3. The topological polar surface area (TPSA) is 66.5 Å². The first-order valence-electron chi connectivity index (χ1n) is 7.31. The van der Waals surface area contributed by atoms with Gasteiger partial charge in [0.15, 0.2) is 0 Å². The van der Waals surface area contributed by atoms with Crippen molar-refractivity contribution in [2.45, 2.75) is 12.8 Å². The Morgan fingerprint density at radius 2 is 1.83 bits per heavy atom. The molecular weight excluding hydrogens is 375 g/mol. The van der Waals surface area contributed by atoms with E-state index in [4.69, 9.17) is 34.8 Å². The Kier molecular flexibility index (Phi) is 4.85. The Labute approximate surface area is 153 Å². The summed E-state index contributed by atoms with van der Waals surface area (Å²) in [5.74, 6) is -2.03. The molecular formula is C16H13Cl3N2O3. The Hall–Kier alpha value is -1.56. The largest absolute Gasteiger partial charge is 0.324 e. The van der Waals surface area contributed by atoms with Crippen LogP contribution in [0.5, 0.6) is 0 Å². The van der Waals surface area contributed by atoms with E-state index in [2.05, 4.69) is 5.32 Å². The van der Waals surface area contributed by atoms with Gasteiger partial charge in [0.05, 0.1) is 21.9 Å². The highest BCUT2D eigenvalue weighted by Gasteiger charge is 2.48. The van der Waals surface area contributed by atoms with Crippen molar-refractivity contribution < 1.29 is 14.4 Å². The SMILES string of the molecule is O=C(CN1C(=O)C2CC=C(Cl)CC2C1=O)Nc1ccc(Cl)c(Cl)c1. The standard InChI is InChI=1S/C16H13Cl3N2O3/c17-8-1-3-10-11(5-8)16(24)21(15(10)23)7-14(22)20-9-2-4-12(18)13(19)6-9/h1-2,4,6,10-11H,3,5,7H2,(H,20,22). The quantitative estimate of drug-likeness (QED) is 0.808. The zero-order valence-electron chi connectivity index (χ0n) is 12.4. The van der Waals surface area contributed by atoms with Gasteiger partial charge in [-0.25, -0.2) is 0 Å². The van der Waals surface area contributed by atoms with Crippen molar-refractivity contribution in [3.63, 3.8) is 0 Å². The molecule has 1 N–H and O–H groups in total. The monoisotopic (exact) mass is 386 g/mol. The maximum atomic E-state index is 12.4. The summed E-state index contributed by atoms with van der Waals surface area (Å²) in [4.78, 5) is 37.9. The van der Waals surface area contributed by atoms with Gasteiger partial charge in [0.25, 0.3) is 0 Å². The van der Waals surface area contributed by atoms with E-state index in [9.17, 15) is 14.4 Å². The summed E-state index contributed by atoms with van der Waals surface area (Å²) >= 11 is 17.7. The van der Waals surface area contributed by atoms with Crippen LogP contribution in [-0.4, -0.2) is 29.2 Å². The number of amides is 3. The lowest BCUT2D eigenvalue weighted by atomic mass is 9.85. The van der Waals surface area contributed by atoms with E-state index in [-0.39, 0.29) is 18.4 Å². The highest BCUT2D eigenvalue weighted by atomic mass is 35.5. The van der Waals surface area contributed by atoms with Gasteiger partial charge in [0.2, 0.25) is 17.7 Å². The van der Waals surface area contributed by atoms with Crippen LogP contribution >= 0.6 is 34.8 Å². The molecule has 0 saturated carbocycles. The number of allylic oxidation sites excluding steroid dienone is 2. The molecule has 5 nitrogen and oxygen atoms in total. The van der Waals surface area contributed by atoms with Crippen molar-refractivity contribution in [3.05, 3.63) is 39.4 Å². The predicted octanol–water partition coefficient (Wildman–Crippen LogP) is 3.45. The lowest BCUT2D eigenvalue weighted by molar-refractivity contribution is -0.142. The number of benzene rings is 1. The first-order chi connectivity index (χ1) is 11.4. The van der Waals surface area contributed by atoms with E-state index in [0.717, 1.165) is 4.90 Å². The van der Waals surface area contributed by atoms with Crippen molar-refractivity contribution in [3.8, 4) is 0 Å². The van der Waals surface area contributed by atoms with Crippen LogP contribution in [0.1, 0.15) is 12.8 Å². The average Bonchev–Trinajstić information content (AvgIpc) is 2.75. The summed E-state index contributed by atoms with van der Waals surface area (Å²) in [6.45, 7) is -0.331. The minimum atomic E-state index is -0.479. The first kappa shape index (κ1) is 17.3. The van der Waals surface area contributed by atoms with Crippen molar-refractivity contribution in [1.29, 1.82) is 0 Å². The fourth-order valence-corrected chi connectivity index (χ4v) is 3.52. The molecule has 1 aromatic carbocycles. The fraction of sp³-hybridized carbons (Fsp3) is 0.312. The zero-order valence-corrected chi connectivity index (χ0v) is 14.7. The van der Waals surface area contributed by atoms with Gasteiger partial charge in [-0.15, -0.1) is 0 Å². The molecule has 1 aliphatic heterocycles. The molecule has 1 heterocycles. The molecule has 3 rings (SSSR count). The van der Waals surface area contributed by atoms with Crippen LogP contribution in [-0.2, 0) is 14.4 Å². The number of likely N-dealkylation sites (tertiary alicyclic amines) is 1. The molecule has 24 heavy (non-hydrogen) atoms. The number of halogens is 3. The number of imide groups is 1. The highest BCUT2D eigenvalue weighted by Crippen LogP contribution is 2.38. The summed E-state index contributed by atoms with van der Waals surface area (Å²) in [7, 11) is 0. The van der Waals surface area contributed by atoms with Crippen LogP contribution in [0.3, 0.4) is 0 Å². The maximum absolute atomic E-state index is 12.4. The second kappa shape index (κ2) is 6.75. The van der Waals surface area contributed by atoms with Crippen LogP contribution in [0.25, 0.3) is 0 Å². The predicted molar refractivity (Wildman–Crippen MR) is 92.0 cm³/mol. The van der Waals surface area contributed by atoms with Gasteiger partial charge < -0.3 is 5.32 Å². The summed E-state index contributed by atoms with van der Waals surface area (Å²) in [6.07, 6.45) is 2.54. The molecule has 1 saturated heterocycles. The maximum Gasteiger partial charge on any atom is 0.244 e. The van der Waals surface area contributed by atoms with Gasteiger partial charge in [-0.1, -0.05) is 40.9 Å². The van der Waals surface area contributed by atoms with Gasteiger partial charge in [0, 0.05) is 10.7 Å². The smallest absolute Gasteiger partial charge is 0.244 e. The van der Waals surface area contributed by atoms with Crippen molar-refractivity contribution in [1.82, 2.24) is 4.90 Å². The van der Waals surface area contributed by atoms with Gasteiger partial charge in [-0.05, 0) is 31.0 Å².